The van der Waals surface area contributed by atoms with E-state index in [1.54, 1.807) is 4.90 Å². The van der Waals surface area contributed by atoms with Crippen molar-refractivity contribution in [2.45, 2.75) is 25.4 Å². The van der Waals surface area contributed by atoms with E-state index in [2.05, 4.69) is 4.98 Å². The second-order valence-electron chi connectivity index (χ2n) is 5.56. The quantitative estimate of drug-likeness (QED) is 0.944. The van der Waals surface area contributed by atoms with Crippen LogP contribution in [-0.2, 0) is 4.74 Å². The molecule has 3 rings (SSSR count). The fraction of sp³-hybridized carbons (Fsp3) is 0.438. The molecule has 5 heteroatoms. The molecule has 4 nitrogen and oxygen atoms in total. The lowest BCUT2D eigenvalue weighted by Crippen LogP contribution is -2.37. The molecule has 112 valence electrons. The van der Waals surface area contributed by atoms with Gasteiger partial charge in [0.15, 0.2) is 0 Å². The van der Waals surface area contributed by atoms with Crippen LogP contribution in [0.5, 0.6) is 0 Å². The van der Waals surface area contributed by atoms with E-state index in [0.29, 0.717) is 17.3 Å². The maximum absolute atomic E-state index is 12.5. The fourth-order valence-electron chi connectivity index (χ4n) is 2.78. The molecule has 0 bridgehead atoms. The number of aromatic nitrogens is 1. The minimum Gasteiger partial charge on any atom is -0.376 e. The van der Waals surface area contributed by atoms with Crippen molar-refractivity contribution < 1.29 is 9.53 Å². The molecule has 1 N–H and O–H groups in total. The van der Waals surface area contributed by atoms with Crippen molar-refractivity contribution >= 4 is 28.4 Å². The predicted octanol–water partition coefficient (Wildman–Crippen LogP) is 3.46. The van der Waals surface area contributed by atoms with Gasteiger partial charge in [0.25, 0.3) is 5.91 Å². The number of carbonyl (C=O) groups excluding carboxylic acids is 1. The number of rotatable bonds is 3. The smallest absolute Gasteiger partial charge is 0.270 e. The van der Waals surface area contributed by atoms with Crippen LogP contribution in [0, 0.1) is 0 Å². The largest absolute Gasteiger partial charge is 0.376 e. The van der Waals surface area contributed by atoms with Crippen LogP contribution in [0.4, 0.5) is 0 Å². The first kappa shape index (κ1) is 14.4. The molecule has 1 saturated heterocycles. The predicted molar refractivity (Wildman–Crippen MR) is 83.9 cm³/mol. The normalized spacial score (nSPS) is 18.9. The molecule has 1 aromatic carbocycles. The van der Waals surface area contributed by atoms with Crippen molar-refractivity contribution in [2.75, 3.05) is 20.2 Å². The summed E-state index contributed by atoms with van der Waals surface area (Å²) in [4.78, 5) is 17.4. The van der Waals surface area contributed by atoms with E-state index in [1.165, 1.54) is 6.42 Å². The minimum atomic E-state index is -0.0311. The molecular weight excluding hydrogens is 288 g/mol. The molecule has 1 aliphatic heterocycles. The van der Waals surface area contributed by atoms with Crippen LogP contribution >= 0.6 is 11.6 Å². The third-order valence-corrected chi connectivity index (χ3v) is 4.27. The van der Waals surface area contributed by atoms with Gasteiger partial charge in [-0.05, 0) is 37.5 Å². The molecule has 1 aromatic heterocycles. The zero-order chi connectivity index (χ0) is 14.8. The Hall–Kier alpha value is -1.52. The summed E-state index contributed by atoms with van der Waals surface area (Å²) in [6.07, 6.45) is 3.47. The van der Waals surface area contributed by atoms with Crippen LogP contribution in [0.25, 0.3) is 10.9 Å². The molecule has 1 fully saturated rings. The number of fused-ring (bicyclic) bond motifs is 1. The van der Waals surface area contributed by atoms with Gasteiger partial charge in [-0.25, -0.2) is 0 Å². The molecule has 1 atom stereocenters. The molecule has 0 radical (unpaired) electrons. The highest BCUT2D eigenvalue weighted by Gasteiger charge is 2.21. The highest BCUT2D eigenvalue weighted by atomic mass is 35.5. The molecule has 1 aliphatic rings. The Bertz CT molecular complexity index is 647. The van der Waals surface area contributed by atoms with E-state index in [-0.39, 0.29) is 12.0 Å². The maximum atomic E-state index is 12.5. The van der Waals surface area contributed by atoms with Gasteiger partial charge in [-0.15, -0.1) is 0 Å². The van der Waals surface area contributed by atoms with Crippen molar-refractivity contribution in [1.29, 1.82) is 0 Å². The van der Waals surface area contributed by atoms with Gasteiger partial charge in [-0.3, -0.25) is 4.79 Å². The topological polar surface area (TPSA) is 45.3 Å². The zero-order valence-corrected chi connectivity index (χ0v) is 12.8. The summed E-state index contributed by atoms with van der Waals surface area (Å²) < 4.78 is 5.69. The summed E-state index contributed by atoms with van der Waals surface area (Å²) in [5, 5.41) is 1.53. The summed E-state index contributed by atoms with van der Waals surface area (Å²) in [5.41, 5.74) is 1.45. The van der Waals surface area contributed by atoms with Crippen LogP contribution in [0.3, 0.4) is 0 Å². The highest BCUT2D eigenvalue weighted by Crippen LogP contribution is 2.24. The van der Waals surface area contributed by atoms with Gasteiger partial charge in [0.1, 0.15) is 5.69 Å². The van der Waals surface area contributed by atoms with Crippen molar-refractivity contribution in [1.82, 2.24) is 9.88 Å². The Kier molecular flexibility index (Phi) is 4.17. The SMILES string of the molecule is CN(CC1CCCCO1)C(=O)c1cc2c(Cl)cccc2[nH]1. The first-order chi connectivity index (χ1) is 10.1. The first-order valence-corrected chi connectivity index (χ1v) is 7.67. The monoisotopic (exact) mass is 306 g/mol. The van der Waals surface area contributed by atoms with E-state index < -0.39 is 0 Å². The first-order valence-electron chi connectivity index (χ1n) is 7.29. The van der Waals surface area contributed by atoms with Crippen molar-refractivity contribution in [3.63, 3.8) is 0 Å². The van der Waals surface area contributed by atoms with E-state index in [0.717, 1.165) is 30.4 Å². The molecule has 0 saturated carbocycles. The molecule has 2 aromatic rings. The Morgan fingerprint density at radius 3 is 3.05 bits per heavy atom. The van der Waals surface area contributed by atoms with Crippen LogP contribution < -0.4 is 0 Å². The number of halogens is 1. The fourth-order valence-corrected chi connectivity index (χ4v) is 3.01. The molecule has 21 heavy (non-hydrogen) atoms. The third-order valence-electron chi connectivity index (χ3n) is 3.94. The van der Waals surface area contributed by atoms with Gasteiger partial charge in [0.2, 0.25) is 0 Å². The Morgan fingerprint density at radius 1 is 1.48 bits per heavy atom. The van der Waals surface area contributed by atoms with Crippen LogP contribution in [0.15, 0.2) is 24.3 Å². The Labute approximate surface area is 129 Å². The average Bonchev–Trinajstić information content (AvgIpc) is 2.93. The Balaban J connectivity index is 1.74. The van der Waals surface area contributed by atoms with Crippen molar-refractivity contribution in [3.8, 4) is 0 Å². The van der Waals surface area contributed by atoms with Gasteiger partial charge < -0.3 is 14.6 Å². The number of nitrogens with zero attached hydrogens (tertiary/aromatic N) is 1. The molecule has 0 aliphatic carbocycles. The van der Waals surface area contributed by atoms with E-state index in [4.69, 9.17) is 16.3 Å². The maximum Gasteiger partial charge on any atom is 0.270 e. The number of hydrogen-bond donors (Lipinski definition) is 1. The number of ether oxygens (including phenoxy) is 1. The second kappa shape index (κ2) is 6.08. The number of nitrogens with one attached hydrogen (secondary N) is 1. The minimum absolute atomic E-state index is 0.0311. The van der Waals surface area contributed by atoms with E-state index in [1.807, 2.05) is 31.3 Å². The third kappa shape index (κ3) is 3.06. The number of amides is 1. The summed E-state index contributed by atoms with van der Waals surface area (Å²) in [5.74, 6) is -0.0311. The van der Waals surface area contributed by atoms with E-state index >= 15 is 0 Å². The number of carbonyl (C=O) groups is 1. The lowest BCUT2D eigenvalue weighted by Gasteiger charge is -2.27. The molecule has 0 spiro atoms. The number of hydrogen-bond acceptors (Lipinski definition) is 2. The summed E-state index contributed by atoms with van der Waals surface area (Å²) in [7, 11) is 1.81. The Morgan fingerprint density at radius 2 is 2.33 bits per heavy atom. The molecule has 1 unspecified atom stereocenters. The second-order valence-corrected chi connectivity index (χ2v) is 5.97. The van der Waals surface area contributed by atoms with Gasteiger partial charge in [0.05, 0.1) is 6.10 Å². The lowest BCUT2D eigenvalue weighted by atomic mass is 10.1. The standard InChI is InChI=1S/C16H19ClN2O2/c1-19(10-11-5-2-3-8-21-11)16(20)15-9-12-13(17)6-4-7-14(12)18-15/h4,6-7,9,11,18H,2-3,5,8,10H2,1H3. The molecular formula is C16H19ClN2O2. The number of likely N-dealkylation sites (N-methyl/N-ethyl adjacent to an activating group) is 1. The number of benzene rings is 1. The van der Waals surface area contributed by atoms with Gasteiger partial charge in [-0.2, -0.15) is 0 Å². The van der Waals surface area contributed by atoms with Crippen LogP contribution in [0.2, 0.25) is 5.02 Å². The summed E-state index contributed by atoms with van der Waals surface area (Å²) in [6, 6.07) is 7.43. The van der Waals surface area contributed by atoms with E-state index in [9.17, 15) is 4.79 Å². The van der Waals surface area contributed by atoms with Crippen molar-refractivity contribution in [3.05, 3.63) is 35.0 Å². The average molecular weight is 307 g/mol. The molecule has 1 amide bonds. The molecule has 2 heterocycles. The van der Waals surface area contributed by atoms with Crippen LogP contribution in [0.1, 0.15) is 29.8 Å². The number of H-pyrrole nitrogens is 1. The summed E-state index contributed by atoms with van der Waals surface area (Å²) >= 11 is 6.15. The van der Waals surface area contributed by atoms with Gasteiger partial charge in [-0.1, -0.05) is 17.7 Å². The highest BCUT2D eigenvalue weighted by molar-refractivity contribution is 6.35. The lowest BCUT2D eigenvalue weighted by molar-refractivity contribution is -0.000272. The zero-order valence-electron chi connectivity index (χ0n) is 12.1. The van der Waals surface area contributed by atoms with Crippen molar-refractivity contribution in [2.24, 2.45) is 0 Å². The number of aromatic amines is 1. The van der Waals surface area contributed by atoms with Crippen LogP contribution in [-0.4, -0.2) is 42.1 Å². The van der Waals surface area contributed by atoms with Gasteiger partial charge in [0, 0.05) is 36.1 Å². The van der Waals surface area contributed by atoms with Gasteiger partial charge >= 0.3 is 0 Å². The summed E-state index contributed by atoms with van der Waals surface area (Å²) in [6.45, 7) is 1.43.